The summed E-state index contributed by atoms with van der Waals surface area (Å²) in [6, 6.07) is 14.1. The summed E-state index contributed by atoms with van der Waals surface area (Å²) in [6.07, 6.45) is 0.963. The Labute approximate surface area is 170 Å². The number of nitrogens with one attached hydrogen (secondary N) is 2. The van der Waals surface area contributed by atoms with Gasteiger partial charge in [-0.3, -0.25) is 19.3 Å². The van der Waals surface area contributed by atoms with Crippen LogP contribution in [-0.4, -0.2) is 41.8 Å². The molecule has 0 saturated heterocycles. The van der Waals surface area contributed by atoms with Gasteiger partial charge in [-0.1, -0.05) is 50.2 Å². The lowest BCUT2D eigenvalue weighted by Gasteiger charge is -2.31. The van der Waals surface area contributed by atoms with Crippen molar-refractivity contribution in [3.8, 4) is 0 Å². The first-order valence-electron chi connectivity index (χ1n) is 10.0. The van der Waals surface area contributed by atoms with Gasteiger partial charge in [-0.15, -0.1) is 0 Å². The van der Waals surface area contributed by atoms with Crippen LogP contribution in [0, 0.1) is 5.92 Å². The molecule has 2 aliphatic rings. The molecule has 0 radical (unpaired) electrons. The van der Waals surface area contributed by atoms with Gasteiger partial charge >= 0.3 is 0 Å². The second-order valence-corrected chi connectivity index (χ2v) is 7.92. The van der Waals surface area contributed by atoms with Crippen LogP contribution in [0.4, 0.5) is 0 Å². The van der Waals surface area contributed by atoms with E-state index in [1.807, 2.05) is 26.0 Å². The Bertz CT molecular complexity index is 934. The second kappa shape index (κ2) is 7.79. The molecule has 6 heteroatoms. The first-order chi connectivity index (χ1) is 14.0. The van der Waals surface area contributed by atoms with Crippen molar-refractivity contribution in [1.29, 1.82) is 0 Å². The van der Waals surface area contributed by atoms with Crippen molar-refractivity contribution >= 4 is 17.7 Å². The number of carbonyl (C=O) groups is 3. The molecule has 2 aromatic carbocycles. The van der Waals surface area contributed by atoms with Crippen molar-refractivity contribution in [2.24, 2.45) is 5.92 Å². The summed E-state index contributed by atoms with van der Waals surface area (Å²) in [4.78, 5) is 39.9. The van der Waals surface area contributed by atoms with Gasteiger partial charge in [0, 0.05) is 12.6 Å². The van der Waals surface area contributed by atoms with Gasteiger partial charge in [0.15, 0.2) is 0 Å². The number of hydrogen-bond donors (Lipinski definition) is 2. The van der Waals surface area contributed by atoms with Crippen molar-refractivity contribution in [3.63, 3.8) is 0 Å². The summed E-state index contributed by atoms with van der Waals surface area (Å²) in [5.41, 5.74) is 3.18. The third-order valence-electron chi connectivity index (χ3n) is 5.70. The predicted molar refractivity (Wildman–Crippen MR) is 109 cm³/mol. The van der Waals surface area contributed by atoms with Crippen LogP contribution in [0.1, 0.15) is 51.7 Å². The zero-order valence-corrected chi connectivity index (χ0v) is 16.6. The lowest BCUT2D eigenvalue weighted by atomic mass is 9.94. The van der Waals surface area contributed by atoms with E-state index in [2.05, 4.69) is 22.8 Å². The SMILES string of the molecule is CC(C)C(C(=O)NCC1NCCc2ccccc21)N1C(=O)c2ccccc2C1=O. The summed E-state index contributed by atoms with van der Waals surface area (Å²) in [6.45, 7) is 4.95. The smallest absolute Gasteiger partial charge is 0.262 e. The fraction of sp³-hybridized carbons (Fsp3) is 0.348. The van der Waals surface area contributed by atoms with E-state index in [0.717, 1.165) is 17.9 Å². The highest BCUT2D eigenvalue weighted by molar-refractivity contribution is 6.22. The zero-order chi connectivity index (χ0) is 20.5. The number of benzene rings is 2. The topological polar surface area (TPSA) is 78.5 Å². The van der Waals surface area contributed by atoms with Crippen LogP contribution in [0.2, 0.25) is 0 Å². The van der Waals surface area contributed by atoms with E-state index in [4.69, 9.17) is 0 Å². The maximum Gasteiger partial charge on any atom is 0.262 e. The third kappa shape index (κ3) is 3.44. The van der Waals surface area contributed by atoms with Gasteiger partial charge in [-0.05, 0) is 42.1 Å². The van der Waals surface area contributed by atoms with E-state index in [1.54, 1.807) is 24.3 Å². The van der Waals surface area contributed by atoms with Crippen LogP contribution in [0.25, 0.3) is 0 Å². The first-order valence-corrected chi connectivity index (χ1v) is 10.0. The van der Waals surface area contributed by atoms with E-state index in [0.29, 0.717) is 17.7 Å². The first kappa shape index (κ1) is 19.3. The average molecular weight is 391 g/mol. The Kier molecular flexibility index (Phi) is 5.20. The monoisotopic (exact) mass is 391 g/mol. The molecule has 3 amide bonds. The van der Waals surface area contributed by atoms with E-state index in [9.17, 15) is 14.4 Å². The van der Waals surface area contributed by atoms with Crippen LogP contribution >= 0.6 is 0 Å². The van der Waals surface area contributed by atoms with Crippen LogP contribution in [0.15, 0.2) is 48.5 Å². The van der Waals surface area contributed by atoms with Gasteiger partial charge in [-0.25, -0.2) is 0 Å². The number of nitrogens with zero attached hydrogens (tertiary/aromatic N) is 1. The number of amides is 3. The minimum Gasteiger partial charge on any atom is -0.352 e. The standard InChI is InChI=1S/C23H25N3O3/c1-14(2)20(26-22(28)17-9-5-6-10-18(17)23(26)29)21(27)25-13-19-16-8-4-3-7-15(16)11-12-24-19/h3-10,14,19-20,24H,11-13H2,1-2H3,(H,25,27). The molecular weight excluding hydrogens is 366 g/mol. The molecule has 0 spiro atoms. The average Bonchev–Trinajstić information content (AvgIpc) is 2.97. The molecule has 0 aromatic heterocycles. The van der Waals surface area contributed by atoms with Crippen molar-refractivity contribution in [1.82, 2.24) is 15.5 Å². The van der Waals surface area contributed by atoms with E-state index in [-0.39, 0.29) is 17.9 Å². The van der Waals surface area contributed by atoms with Crippen LogP contribution in [0.5, 0.6) is 0 Å². The highest BCUT2D eigenvalue weighted by atomic mass is 16.2. The van der Waals surface area contributed by atoms with E-state index >= 15 is 0 Å². The number of rotatable bonds is 5. The summed E-state index contributed by atoms with van der Waals surface area (Å²) in [5, 5.41) is 6.41. The maximum absolute atomic E-state index is 13.1. The normalized spacial score (nSPS) is 19.1. The fourth-order valence-corrected chi connectivity index (χ4v) is 4.26. The minimum atomic E-state index is -0.846. The molecule has 0 bridgehead atoms. The van der Waals surface area contributed by atoms with Gasteiger partial charge in [0.2, 0.25) is 5.91 Å². The van der Waals surface area contributed by atoms with Gasteiger partial charge in [-0.2, -0.15) is 0 Å². The minimum absolute atomic E-state index is 0.0129. The van der Waals surface area contributed by atoms with Crippen molar-refractivity contribution in [2.75, 3.05) is 13.1 Å². The summed E-state index contributed by atoms with van der Waals surface area (Å²) in [7, 11) is 0. The molecule has 2 unspecified atom stereocenters. The van der Waals surface area contributed by atoms with Crippen LogP contribution in [0.3, 0.4) is 0 Å². The Balaban J connectivity index is 1.51. The largest absolute Gasteiger partial charge is 0.352 e. The van der Waals surface area contributed by atoms with Gasteiger partial charge in [0.05, 0.1) is 11.1 Å². The molecule has 2 heterocycles. The molecule has 6 nitrogen and oxygen atoms in total. The van der Waals surface area contributed by atoms with Crippen molar-refractivity contribution in [3.05, 3.63) is 70.8 Å². The van der Waals surface area contributed by atoms with Crippen LogP contribution in [-0.2, 0) is 11.2 Å². The molecule has 150 valence electrons. The van der Waals surface area contributed by atoms with Gasteiger partial charge < -0.3 is 10.6 Å². The third-order valence-corrected chi connectivity index (χ3v) is 5.70. The highest BCUT2D eigenvalue weighted by Gasteiger charge is 2.43. The van der Waals surface area contributed by atoms with Crippen LogP contribution < -0.4 is 10.6 Å². The molecule has 0 aliphatic carbocycles. The molecule has 2 aliphatic heterocycles. The van der Waals surface area contributed by atoms with Gasteiger partial charge in [0.1, 0.15) is 6.04 Å². The number of hydrogen-bond acceptors (Lipinski definition) is 4. The van der Waals surface area contributed by atoms with Crippen molar-refractivity contribution < 1.29 is 14.4 Å². The highest BCUT2D eigenvalue weighted by Crippen LogP contribution is 2.27. The quantitative estimate of drug-likeness (QED) is 0.767. The Morgan fingerprint density at radius 1 is 1.07 bits per heavy atom. The zero-order valence-electron chi connectivity index (χ0n) is 16.6. The Hall–Kier alpha value is -2.99. The molecule has 2 N–H and O–H groups in total. The maximum atomic E-state index is 13.1. The Morgan fingerprint density at radius 2 is 1.69 bits per heavy atom. The number of carbonyl (C=O) groups excluding carboxylic acids is 3. The summed E-state index contributed by atoms with van der Waals surface area (Å²) in [5.74, 6) is -1.32. The molecule has 29 heavy (non-hydrogen) atoms. The Morgan fingerprint density at radius 3 is 2.34 bits per heavy atom. The molecule has 4 rings (SSSR count). The van der Waals surface area contributed by atoms with Gasteiger partial charge in [0.25, 0.3) is 11.8 Å². The molecule has 2 atom stereocenters. The molecule has 2 aromatic rings. The summed E-state index contributed by atoms with van der Waals surface area (Å²) >= 11 is 0. The lowest BCUT2D eigenvalue weighted by Crippen LogP contribution is -2.53. The molecule has 0 saturated carbocycles. The fourth-order valence-electron chi connectivity index (χ4n) is 4.26. The van der Waals surface area contributed by atoms with E-state index in [1.165, 1.54) is 11.1 Å². The summed E-state index contributed by atoms with van der Waals surface area (Å²) < 4.78 is 0. The number of fused-ring (bicyclic) bond motifs is 2. The second-order valence-electron chi connectivity index (χ2n) is 7.92. The lowest BCUT2D eigenvalue weighted by molar-refractivity contribution is -0.126. The molecular formula is C23H25N3O3. The van der Waals surface area contributed by atoms with E-state index < -0.39 is 17.9 Å². The molecule has 0 fully saturated rings. The van der Waals surface area contributed by atoms with Crippen molar-refractivity contribution in [2.45, 2.75) is 32.4 Å². The number of imide groups is 1. The predicted octanol–water partition coefficient (Wildman–Crippen LogP) is 2.31.